The minimum absolute atomic E-state index is 0.145. The molecule has 2 aromatic carbocycles. The van der Waals surface area contributed by atoms with E-state index in [9.17, 15) is 9.18 Å². The van der Waals surface area contributed by atoms with Gasteiger partial charge in [0.2, 0.25) is 5.89 Å². The number of amides is 1. The molecule has 0 radical (unpaired) electrons. The van der Waals surface area contributed by atoms with E-state index in [2.05, 4.69) is 15.5 Å². The Bertz CT molecular complexity index is 878. The molecule has 6 heteroatoms. The first kappa shape index (κ1) is 15.9. The fourth-order valence-corrected chi connectivity index (χ4v) is 2.57. The molecular weight excluding hydrogens is 309 g/mol. The molecule has 3 rings (SSSR count). The van der Waals surface area contributed by atoms with Crippen molar-refractivity contribution in [3.05, 3.63) is 64.8 Å². The summed E-state index contributed by atoms with van der Waals surface area (Å²) in [6, 6.07) is 9.58. The first-order chi connectivity index (χ1) is 11.4. The van der Waals surface area contributed by atoms with E-state index < -0.39 is 5.91 Å². The fraction of sp³-hybridized carbons (Fsp3) is 0.167. The molecule has 0 unspecified atom stereocenters. The van der Waals surface area contributed by atoms with Crippen LogP contribution in [0.15, 0.2) is 40.8 Å². The van der Waals surface area contributed by atoms with Crippen molar-refractivity contribution in [1.82, 2.24) is 10.2 Å². The van der Waals surface area contributed by atoms with Gasteiger partial charge in [-0.05, 0) is 56.2 Å². The molecule has 122 valence electrons. The van der Waals surface area contributed by atoms with Crippen molar-refractivity contribution in [1.29, 1.82) is 0 Å². The lowest BCUT2D eigenvalue weighted by Crippen LogP contribution is -2.14. The summed E-state index contributed by atoms with van der Waals surface area (Å²) < 4.78 is 18.3. The number of halogens is 1. The third-order valence-electron chi connectivity index (χ3n) is 3.63. The molecule has 1 amide bonds. The number of nitrogens with zero attached hydrogens (tertiary/aromatic N) is 2. The van der Waals surface area contributed by atoms with Gasteiger partial charge in [0, 0.05) is 11.3 Å². The van der Waals surface area contributed by atoms with E-state index in [1.807, 2.05) is 32.9 Å². The predicted octanol–water partition coefficient (Wildman–Crippen LogP) is 4.05. The van der Waals surface area contributed by atoms with Crippen molar-refractivity contribution >= 4 is 11.6 Å². The molecule has 1 N–H and O–H groups in total. The van der Waals surface area contributed by atoms with Gasteiger partial charge in [-0.3, -0.25) is 4.79 Å². The maximum absolute atomic E-state index is 13.0. The maximum atomic E-state index is 13.0. The van der Waals surface area contributed by atoms with Crippen LogP contribution in [-0.4, -0.2) is 16.1 Å². The molecule has 0 spiro atoms. The quantitative estimate of drug-likeness (QED) is 0.788. The Morgan fingerprint density at radius 2 is 1.67 bits per heavy atom. The van der Waals surface area contributed by atoms with Gasteiger partial charge in [-0.15, -0.1) is 10.2 Å². The van der Waals surface area contributed by atoms with E-state index in [-0.39, 0.29) is 17.6 Å². The van der Waals surface area contributed by atoms with Gasteiger partial charge in [0.05, 0.1) is 0 Å². The Kier molecular flexibility index (Phi) is 4.12. The van der Waals surface area contributed by atoms with Crippen LogP contribution in [0.2, 0.25) is 0 Å². The summed E-state index contributed by atoms with van der Waals surface area (Å²) in [7, 11) is 0. The first-order valence-electron chi connectivity index (χ1n) is 7.42. The van der Waals surface area contributed by atoms with E-state index in [1.54, 1.807) is 0 Å². The zero-order valence-electron chi connectivity index (χ0n) is 13.6. The first-order valence-corrected chi connectivity index (χ1v) is 7.42. The number of anilines is 1. The van der Waals surface area contributed by atoms with Crippen LogP contribution in [0.3, 0.4) is 0 Å². The zero-order chi connectivity index (χ0) is 17.3. The lowest BCUT2D eigenvalue weighted by molar-refractivity contribution is 0.0990. The Balaban J connectivity index is 1.83. The van der Waals surface area contributed by atoms with E-state index in [0.29, 0.717) is 5.56 Å². The average molecular weight is 325 g/mol. The zero-order valence-corrected chi connectivity index (χ0v) is 13.6. The SMILES string of the molecule is Cc1cc(C)c(NC(=O)c2nnc(-c3ccc(F)cc3)o2)c(C)c1. The van der Waals surface area contributed by atoms with Crippen molar-refractivity contribution < 1.29 is 13.6 Å². The van der Waals surface area contributed by atoms with Crippen LogP contribution in [-0.2, 0) is 0 Å². The number of hydrogen-bond donors (Lipinski definition) is 1. The highest BCUT2D eigenvalue weighted by molar-refractivity contribution is 6.02. The van der Waals surface area contributed by atoms with Gasteiger partial charge in [0.1, 0.15) is 5.82 Å². The molecule has 24 heavy (non-hydrogen) atoms. The minimum atomic E-state index is -0.481. The maximum Gasteiger partial charge on any atom is 0.313 e. The van der Waals surface area contributed by atoms with Crippen molar-refractivity contribution in [3.63, 3.8) is 0 Å². The number of carbonyl (C=O) groups is 1. The van der Waals surface area contributed by atoms with Crippen LogP contribution in [0.4, 0.5) is 10.1 Å². The number of aromatic nitrogens is 2. The van der Waals surface area contributed by atoms with Crippen LogP contribution in [0.1, 0.15) is 27.4 Å². The molecule has 0 atom stereocenters. The normalized spacial score (nSPS) is 10.7. The second kappa shape index (κ2) is 6.23. The van der Waals surface area contributed by atoms with Crippen LogP contribution in [0.25, 0.3) is 11.5 Å². The highest BCUT2D eigenvalue weighted by Gasteiger charge is 2.17. The standard InChI is InChI=1S/C18H16FN3O2/c1-10-8-11(2)15(12(3)9-10)20-16(23)18-22-21-17(24-18)13-4-6-14(19)7-5-13/h4-9H,1-3H3,(H,20,23). The molecule has 1 heterocycles. The summed E-state index contributed by atoms with van der Waals surface area (Å²) in [4.78, 5) is 12.3. The molecule has 0 bridgehead atoms. The van der Waals surface area contributed by atoms with Crippen molar-refractivity contribution in [3.8, 4) is 11.5 Å². The third-order valence-corrected chi connectivity index (χ3v) is 3.63. The topological polar surface area (TPSA) is 68.0 Å². The van der Waals surface area contributed by atoms with Gasteiger partial charge in [-0.25, -0.2) is 4.39 Å². The smallest absolute Gasteiger partial charge is 0.313 e. The molecule has 0 aliphatic rings. The summed E-state index contributed by atoms with van der Waals surface area (Å²) in [5.41, 5.74) is 4.32. The van der Waals surface area contributed by atoms with Crippen LogP contribution in [0.5, 0.6) is 0 Å². The highest BCUT2D eigenvalue weighted by Crippen LogP contribution is 2.23. The predicted molar refractivity (Wildman–Crippen MR) is 88.3 cm³/mol. The van der Waals surface area contributed by atoms with Crippen LogP contribution >= 0.6 is 0 Å². The lowest BCUT2D eigenvalue weighted by atomic mass is 10.1. The van der Waals surface area contributed by atoms with Crippen LogP contribution < -0.4 is 5.32 Å². The highest BCUT2D eigenvalue weighted by atomic mass is 19.1. The van der Waals surface area contributed by atoms with Gasteiger partial charge in [-0.2, -0.15) is 0 Å². The molecule has 0 saturated heterocycles. The second-order valence-corrected chi connectivity index (χ2v) is 5.65. The largest absolute Gasteiger partial charge is 0.412 e. The summed E-state index contributed by atoms with van der Waals surface area (Å²) in [6.45, 7) is 5.85. The minimum Gasteiger partial charge on any atom is -0.412 e. The Morgan fingerprint density at radius 1 is 1.04 bits per heavy atom. The molecule has 5 nitrogen and oxygen atoms in total. The number of benzene rings is 2. The second-order valence-electron chi connectivity index (χ2n) is 5.65. The van der Waals surface area contributed by atoms with Gasteiger partial charge in [-0.1, -0.05) is 17.7 Å². The molecule has 1 aromatic heterocycles. The number of nitrogens with one attached hydrogen (secondary N) is 1. The molecule has 0 saturated carbocycles. The Morgan fingerprint density at radius 3 is 2.29 bits per heavy atom. The van der Waals surface area contributed by atoms with Gasteiger partial charge in [0.25, 0.3) is 0 Å². The fourth-order valence-electron chi connectivity index (χ4n) is 2.57. The van der Waals surface area contributed by atoms with E-state index in [0.717, 1.165) is 22.4 Å². The van der Waals surface area contributed by atoms with Crippen molar-refractivity contribution in [2.24, 2.45) is 0 Å². The molecule has 0 aliphatic heterocycles. The van der Waals surface area contributed by atoms with Crippen LogP contribution in [0, 0.1) is 26.6 Å². The lowest BCUT2D eigenvalue weighted by Gasteiger charge is -2.11. The van der Waals surface area contributed by atoms with Gasteiger partial charge in [0.15, 0.2) is 0 Å². The van der Waals surface area contributed by atoms with Crippen molar-refractivity contribution in [2.45, 2.75) is 20.8 Å². The average Bonchev–Trinajstić information content (AvgIpc) is 3.01. The number of carbonyl (C=O) groups excluding carboxylic acids is 1. The molecular formula is C18H16FN3O2. The number of rotatable bonds is 3. The van der Waals surface area contributed by atoms with E-state index in [4.69, 9.17) is 4.42 Å². The Hall–Kier alpha value is -3.02. The summed E-state index contributed by atoms with van der Waals surface area (Å²) in [5, 5.41) is 10.4. The summed E-state index contributed by atoms with van der Waals surface area (Å²) in [6.07, 6.45) is 0. The van der Waals surface area contributed by atoms with Crippen molar-refractivity contribution in [2.75, 3.05) is 5.32 Å². The van der Waals surface area contributed by atoms with E-state index in [1.165, 1.54) is 24.3 Å². The Labute approximate surface area is 138 Å². The van der Waals surface area contributed by atoms with Gasteiger partial charge >= 0.3 is 11.8 Å². The van der Waals surface area contributed by atoms with Gasteiger partial charge < -0.3 is 9.73 Å². The number of hydrogen-bond acceptors (Lipinski definition) is 4. The molecule has 3 aromatic rings. The number of aryl methyl sites for hydroxylation is 3. The summed E-state index contributed by atoms with van der Waals surface area (Å²) in [5.74, 6) is -0.821. The van der Waals surface area contributed by atoms with E-state index >= 15 is 0 Å². The monoisotopic (exact) mass is 325 g/mol. The third kappa shape index (κ3) is 3.17. The molecule has 0 fully saturated rings. The molecule has 0 aliphatic carbocycles. The summed E-state index contributed by atoms with van der Waals surface area (Å²) >= 11 is 0.